The highest BCUT2D eigenvalue weighted by Crippen LogP contribution is 2.10. The first-order valence-corrected chi connectivity index (χ1v) is 3.48. The maximum Gasteiger partial charge on any atom is 0.171 e. The summed E-state index contributed by atoms with van der Waals surface area (Å²) in [5.74, 6) is 0. The van der Waals surface area contributed by atoms with Crippen LogP contribution in [0.3, 0.4) is 0 Å². The molecule has 0 aromatic heterocycles. The number of hydrogen-bond donors (Lipinski definition) is 4. The zero-order valence-electron chi connectivity index (χ0n) is 6.71. The predicted molar refractivity (Wildman–Crippen MR) is 40.1 cm³/mol. The van der Waals surface area contributed by atoms with E-state index in [1.165, 1.54) is 0 Å². The maximum atomic E-state index is 9.96. The molecule has 0 aliphatic rings. The molecule has 0 amide bonds. The standard InChI is InChI=1S/C6H12N2O5/c7-2-6(8,13)5(12)4(11)3(10)1-9/h1,3-5,7-8,10-13H,2H2. The van der Waals surface area contributed by atoms with Crippen molar-refractivity contribution >= 4 is 6.29 Å². The lowest BCUT2D eigenvalue weighted by atomic mass is 9.99. The van der Waals surface area contributed by atoms with Gasteiger partial charge in [-0.25, -0.2) is 5.73 Å². The molecule has 0 saturated carbocycles. The number of nitrogens with one attached hydrogen (secondary N) is 2. The minimum atomic E-state index is -2.59. The van der Waals surface area contributed by atoms with Crippen LogP contribution in [0.2, 0.25) is 0 Å². The molecule has 0 rings (SSSR count). The van der Waals surface area contributed by atoms with Crippen molar-refractivity contribution in [3.8, 4) is 0 Å². The highest BCUT2D eigenvalue weighted by atomic mass is 16.4. The van der Waals surface area contributed by atoms with Gasteiger partial charge in [-0.3, -0.25) is 5.73 Å². The third-order valence-corrected chi connectivity index (χ3v) is 1.57. The van der Waals surface area contributed by atoms with Crippen LogP contribution in [0.4, 0.5) is 0 Å². The van der Waals surface area contributed by atoms with Gasteiger partial charge in [-0.2, -0.15) is 0 Å². The molecule has 0 aromatic rings. The summed E-state index contributed by atoms with van der Waals surface area (Å²) in [4.78, 5) is 9.96. The van der Waals surface area contributed by atoms with E-state index in [9.17, 15) is 4.79 Å². The van der Waals surface area contributed by atoms with E-state index in [0.29, 0.717) is 0 Å². The minimum Gasteiger partial charge on any atom is -0.387 e. The maximum absolute atomic E-state index is 9.96. The van der Waals surface area contributed by atoms with Crippen LogP contribution < -0.4 is 11.5 Å². The number of aliphatic hydroxyl groups excluding tert-OH is 3. The van der Waals surface area contributed by atoms with Gasteiger partial charge in [0.25, 0.3) is 0 Å². The molecule has 2 radical (unpaired) electrons. The molecule has 0 fully saturated rings. The fourth-order valence-electron chi connectivity index (χ4n) is 0.654. The summed E-state index contributed by atoms with van der Waals surface area (Å²) >= 11 is 0. The Kier molecular flexibility index (Phi) is 4.40. The van der Waals surface area contributed by atoms with Gasteiger partial charge in [0.1, 0.15) is 18.3 Å². The van der Waals surface area contributed by atoms with Crippen LogP contribution in [-0.2, 0) is 4.79 Å². The van der Waals surface area contributed by atoms with Gasteiger partial charge >= 0.3 is 0 Å². The molecular weight excluding hydrogens is 180 g/mol. The minimum absolute atomic E-state index is 0.0338. The Hall–Kier alpha value is -0.570. The summed E-state index contributed by atoms with van der Waals surface area (Å²) in [5, 5.41) is 35.6. The number of hydrogen-bond acceptors (Lipinski definition) is 5. The molecule has 7 nitrogen and oxygen atoms in total. The van der Waals surface area contributed by atoms with E-state index < -0.39 is 30.6 Å². The van der Waals surface area contributed by atoms with Gasteiger partial charge in [-0.15, -0.1) is 0 Å². The third kappa shape index (κ3) is 2.99. The smallest absolute Gasteiger partial charge is 0.171 e. The molecule has 4 unspecified atom stereocenters. The predicted octanol–water partition coefficient (Wildman–Crippen LogP) is -3.48. The van der Waals surface area contributed by atoms with Crippen molar-refractivity contribution in [3.05, 3.63) is 0 Å². The summed E-state index contributed by atoms with van der Waals surface area (Å²) in [5.41, 5.74) is 11.0. The molecule has 4 atom stereocenters. The van der Waals surface area contributed by atoms with Crippen molar-refractivity contribution in [2.24, 2.45) is 0 Å². The van der Waals surface area contributed by atoms with Crippen LogP contribution in [0.25, 0.3) is 0 Å². The van der Waals surface area contributed by atoms with Gasteiger partial charge in [0.2, 0.25) is 0 Å². The molecular formula is C6H12N2O5. The van der Waals surface area contributed by atoms with Gasteiger partial charge < -0.3 is 25.2 Å². The van der Waals surface area contributed by atoms with Gasteiger partial charge in [0.05, 0.1) is 6.54 Å². The lowest BCUT2D eigenvalue weighted by Crippen LogP contribution is -2.56. The second-order valence-corrected chi connectivity index (χ2v) is 2.66. The van der Waals surface area contributed by atoms with E-state index in [-0.39, 0.29) is 6.29 Å². The zero-order valence-corrected chi connectivity index (χ0v) is 6.71. The molecule has 13 heavy (non-hydrogen) atoms. The Morgan fingerprint density at radius 1 is 1.38 bits per heavy atom. The first kappa shape index (κ1) is 12.4. The fourth-order valence-corrected chi connectivity index (χ4v) is 0.654. The Balaban J connectivity index is 4.40. The van der Waals surface area contributed by atoms with Crippen LogP contribution in [-0.4, -0.2) is 57.3 Å². The van der Waals surface area contributed by atoms with E-state index in [2.05, 4.69) is 0 Å². The first-order valence-electron chi connectivity index (χ1n) is 3.48. The topological polar surface area (TPSA) is 146 Å². The van der Waals surface area contributed by atoms with E-state index >= 15 is 0 Å². The summed E-state index contributed by atoms with van der Waals surface area (Å²) in [6, 6.07) is 0. The molecule has 0 aliphatic carbocycles. The monoisotopic (exact) mass is 192 g/mol. The van der Waals surface area contributed by atoms with Crippen molar-refractivity contribution in [1.29, 1.82) is 0 Å². The van der Waals surface area contributed by atoms with Gasteiger partial charge in [0.15, 0.2) is 12.0 Å². The van der Waals surface area contributed by atoms with E-state index in [1.54, 1.807) is 0 Å². The number of carbonyl (C=O) groups excluding carboxylic acids is 1. The summed E-state index contributed by atoms with van der Waals surface area (Å²) in [6.45, 7) is -0.878. The number of aliphatic hydroxyl groups is 4. The molecule has 0 aromatic carbocycles. The quantitative estimate of drug-likeness (QED) is 0.334. The van der Waals surface area contributed by atoms with Crippen molar-refractivity contribution in [1.82, 2.24) is 11.5 Å². The Labute approximate surface area is 74.6 Å². The Bertz CT molecular complexity index is 174. The average Bonchev–Trinajstić information content (AvgIpc) is 2.14. The largest absolute Gasteiger partial charge is 0.387 e. The third-order valence-electron chi connectivity index (χ3n) is 1.57. The van der Waals surface area contributed by atoms with Crippen molar-refractivity contribution in [3.63, 3.8) is 0 Å². The molecule has 0 aliphatic heterocycles. The van der Waals surface area contributed by atoms with Crippen LogP contribution in [0.15, 0.2) is 0 Å². The SMILES string of the molecule is [NH]CC([NH])(O)C(O)C(O)C(O)C=O. The highest BCUT2D eigenvalue weighted by Gasteiger charge is 2.39. The van der Waals surface area contributed by atoms with E-state index in [0.717, 1.165) is 0 Å². The molecule has 0 bridgehead atoms. The second-order valence-electron chi connectivity index (χ2n) is 2.66. The molecule has 0 heterocycles. The molecule has 0 spiro atoms. The number of carbonyl (C=O) groups is 1. The van der Waals surface area contributed by atoms with Crippen LogP contribution in [0.1, 0.15) is 0 Å². The number of rotatable bonds is 5. The summed E-state index contributed by atoms with van der Waals surface area (Å²) in [6.07, 6.45) is -5.94. The van der Waals surface area contributed by atoms with Gasteiger partial charge in [-0.1, -0.05) is 0 Å². The second kappa shape index (κ2) is 4.61. The Morgan fingerprint density at radius 3 is 2.15 bits per heavy atom. The molecule has 6 N–H and O–H groups in total. The lowest BCUT2D eigenvalue weighted by Gasteiger charge is -2.30. The molecule has 76 valence electrons. The Morgan fingerprint density at radius 2 is 1.85 bits per heavy atom. The summed E-state index contributed by atoms with van der Waals surface area (Å²) < 4.78 is 0. The highest BCUT2D eigenvalue weighted by molar-refractivity contribution is 5.56. The van der Waals surface area contributed by atoms with Crippen molar-refractivity contribution in [2.45, 2.75) is 24.0 Å². The first-order chi connectivity index (χ1) is 5.86. The number of aldehydes is 1. The van der Waals surface area contributed by atoms with Crippen LogP contribution in [0, 0.1) is 0 Å². The van der Waals surface area contributed by atoms with Gasteiger partial charge in [0, 0.05) is 0 Å². The van der Waals surface area contributed by atoms with Gasteiger partial charge in [-0.05, 0) is 0 Å². The van der Waals surface area contributed by atoms with Crippen LogP contribution >= 0.6 is 0 Å². The van der Waals surface area contributed by atoms with Crippen LogP contribution in [0.5, 0.6) is 0 Å². The normalized spacial score (nSPS) is 22.9. The van der Waals surface area contributed by atoms with Crippen molar-refractivity contribution in [2.75, 3.05) is 6.54 Å². The van der Waals surface area contributed by atoms with Crippen molar-refractivity contribution < 1.29 is 25.2 Å². The fraction of sp³-hybridized carbons (Fsp3) is 0.833. The molecule has 0 saturated heterocycles. The lowest BCUT2D eigenvalue weighted by molar-refractivity contribution is -0.155. The average molecular weight is 192 g/mol. The zero-order chi connectivity index (χ0) is 10.6. The summed E-state index contributed by atoms with van der Waals surface area (Å²) in [7, 11) is 0. The molecule has 7 heteroatoms. The van der Waals surface area contributed by atoms with E-state index in [1.807, 2.05) is 0 Å². The van der Waals surface area contributed by atoms with E-state index in [4.69, 9.17) is 31.9 Å².